The van der Waals surface area contributed by atoms with Crippen molar-refractivity contribution in [3.8, 4) is 0 Å². The molecule has 1 fully saturated rings. The van der Waals surface area contributed by atoms with Gasteiger partial charge in [-0.2, -0.15) is 0 Å². The van der Waals surface area contributed by atoms with E-state index in [2.05, 4.69) is 21.2 Å². The van der Waals surface area contributed by atoms with E-state index in [1.807, 2.05) is 0 Å². The van der Waals surface area contributed by atoms with Crippen molar-refractivity contribution in [1.29, 1.82) is 0 Å². The first-order valence-corrected chi connectivity index (χ1v) is 6.21. The van der Waals surface area contributed by atoms with Crippen LogP contribution < -0.4 is 5.32 Å². The number of carbonyl (C=O) groups is 2. The Morgan fingerprint density at radius 2 is 2.28 bits per heavy atom. The molecule has 1 aliphatic heterocycles. The van der Waals surface area contributed by atoms with Crippen LogP contribution in [-0.2, 0) is 16.6 Å². The molecule has 7 heteroatoms. The summed E-state index contributed by atoms with van der Waals surface area (Å²) >= 11 is 3.28. The Bertz CT molecular complexity index is 485. The van der Waals surface area contributed by atoms with Crippen molar-refractivity contribution in [2.45, 2.75) is 6.04 Å². The van der Waals surface area contributed by atoms with Crippen molar-refractivity contribution in [3.05, 3.63) is 22.4 Å². The van der Waals surface area contributed by atoms with Crippen molar-refractivity contribution >= 4 is 27.8 Å². The molecule has 18 heavy (non-hydrogen) atoms. The highest BCUT2D eigenvalue weighted by atomic mass is 79.9. The molecule has 1 aliphatic rings. The molecule has 1 aromatic heterocycles. The van der Waals surface area contributed by atoms with Gasteiger partial charge in [0.05, 0.1) is 19.3 Å². The Balaban J connectivity index is 2.07. The van der Waals surface area contributed by atoms with Crippen LogP contribution in [0.1, 0.15) is 10.5 Å². The number of aryl methyl sites for hydroxylation is 1. The number of aromatic nitrogens is 1. The van der Waals surface area contributed by atoms with Gasteiger partial charge in [0.25, 0.3) is 5.91 Å². The molecular weight excluding hydrogens is 304 g/mol. The number of hydrogen-bond acceptors (Lipinski definition) is 3. The number of rotatable bonds is 3. The fraction of sp³-hybridized carbons (Fsp3) is 0.455. The fourth-order valence-electron chi connectivity index (χ4n) is 1.93. The van der Waals surface area contributed by atoms with Crippen molar-refractivity contribution < 1.29 is 19.4 Å². The maximum atomic E-state index is 12.0. The summed E-state index contributed by atoms with van der Waals surface area (Å²) < 4.78 is 7.56. The molecule has 2 heterocycles. The van der Waals surface area contributed by atoms with E-state index in [-0.39, 0.29) is 19.1 Å². The van der Waals surface area contributed by atoms with E-state index in [0.717, 1.165) is 4.47 Å². The summed E-state index contributed by atoms with van der Waals surface area (Å²) in [5.41, 5.74) is 0.470. The molecule has 1 amide bonds. The van der Waals surface area contributed by atoms with Crippen molar-refractivity contribution in [1.82, 2.24) is 9.88 Å². The Morgan fingerprint density at radius 1 is 1.56 bits per heavy atom. The summed E-state index contributed by atoms with van der Waals surface area (Å²) in [5.74, 6) is -1.94. The van der Waals surface area contributed by atoms with Gasteiger partial charge in [0.2, 0.25) is 0 Å². The lowest BCUT2D eigenvalue weighted by molar-refractivity contribution is -0.142. The number of ether oxygens (including phenoxy) is 1. The topological polar surface area (TPSA) is 80.6 Å². The molecular formula is C11H13BrN2O4. The van der Waals surface area contributed by atoms with E-state index in [4.69, 9.17) is 9.84 Å². The highest BCUT2D eigenvalue weighted by Crippen LogP contribution is 2.17. The lowest BCUT2D eigenvalue weighted by Gasteiger charge is -2.15. The standard InChI is InChI=1S/C11H13BrN2O4/c1-14-3-6(12)2-9(14)10(15)13-8-5-18-4-7(8)11(16)17/h2-3,7-8H,4-5H2,1H3,(H,13,15)(H,16,17). The lowest BCUT2D eigenvalue weighted by atomic mass is 10.0. The third kappa shape index (κ3) is 2.56. The van der Waals surface area contributed by atoms with Crippen LogP contribution in [0.3, 0.4) is 0 Å². The van der Waals surface area contributed by atoms with E-state index in [0.29, 0.717) is 5.69 Å². The first-order chi connectivity index (χ1) is 8.49. The van der Waals surface area contributed by atoms with E-state index in [1.54, 1.807) is 23.9 Å². The van der Waals surface area contributed by atoms with Gasteiger partial charge in [-0.25, -0.2) is 0 Å². The fourth-order valence-corrected chi connectivity index (χ4v) is 2.46. The maximum Gasteiger partial charge on any atom is 0.311 e. The summed E-state index contributed by atoms with van der Waals surface area (Å²) in [6, 6.07) is 1.20. The molecule has 0 aliphatic carbocycles. The molecule has 2 rings (SSSR count). The average molecular weight is 317 g/mol. The molecule has 0 spiro atoms. The van der Waals surface area contributed by atoms with E-state index in [9.17, 15) is 9.59 Å². The Morgan fingerprint density at radius 3 is 2.83 bits per heavy atom. The number of aliphatic carboxylic acids is 1. The number of nitrogens with zero attached hydrogens (tertiary/aromatic N) is 1. The Hall–Kier alpha value is -1.34. The van der Waals surface area contributed by atoms with Crippen LogP contribution in [0.4, 0.5) is 0 Å². The van der Waals surface area contributed by atoms with Crippen LogP contribution in [0.2, 0.25) is 0 Å². The molecule has 0 radical (unpaired) electrons. The Labute approximate surface area is 112 Å². The normalized spacial score (nSPS) is 23.0. The molecule has 2 atom stereocenters. The summed E-state index contributed by atoms with van der Waals surface area (Å²) in [7, 11) is 1.75. The largest absolute Gasteiger partial charge is 0.481 e. The highest BCUT2D eigenvalue weighted by Gasteiger charge is 2.35. The van der Waals surface area contributed by atoms with Crippen molar-refractivity contribution in [3.63, 3.8) is 0 Å². The van der Waals surface area contributed by atoms with Gasteiger partial charge in [-0.3, -0.25) is 9.59 Å². The van der Waals surface area contributed by atoms with Crippen LogP contribution >= 0.6 is 15.9 Å². The smallest absolute Gasteiger partial charge is 0.311 e. The minimum atomic E-state index is -0.953. The van der Waals surface area contributed by atoms with E-state index >= 15 is 0 Å². The third-order valence-corrected chi connectivity index (χ3v) is 3.35. The number of carbonyl (C=O) groups excluding carboxylic acids is 1. The van der Waals surface area contributed by atoms with Crippen LogP contribution in [-0.4, -0.2) is 40.8 Å². The molecule has 2 N–H and O–H groups in total. The van der Waals surface area contributed by atoms with Gasteiger partial charge in [0, 0.05) is 17.7 Å². The zero-order valence-electron chi connectivity index (χ0n) is 9.72. The summed E-state index contributed by atoms with van der Waals surface area (Å²) in [5, 5.41) is 11.7. The van der Waals surface area contributed by atoms with Crippen LogP contribution in [0.5, 0.6) is 0 Å². The maximum absolute atomic E-state index is 12.0. The van der Waals surface area contributed by atoms with Crippen molar-refractivity contribution in [2.24, 2.45) is 13.0 Å². The van der Waals surface area contributed by atoms with Gasteiger partial charge in [-0.15, -0.1) is 0 Å². The molecule has 1 aromatic rings. The molecule has 2 unspecified atom stereocenters. The Kier molecular flexibility index (Phi) is 3.72. The van der Waals surface area contributed by atoms with Crippen molar-refractivity contribution in [2.75, 3.05) is 13.2 Å². The second kappa shape index (κ2) is 5.11. The summed E-state index contributed by atoms with van der Waals surface area (Å²) in [6.07, 6.45) is 1.76. The first kappa shape index (κ1) is 13.1. The molecule has 0 bridgehead atoms. The second-order valence-corrected chi connectivity index (χ2v) is 5.13. The zero-order valence-corrected chi connectivity index (χ0v) is 11.3. The number of nitrogens with one attached hydrogen (secondary N) is 1. The minimum Gasteiger partial charge on any atom is -0.481 e. The number of carboxylic acids is 1. The van der Waals surface area contributed by atoms with E-state index in [1.165, 1.54) is 0 Å². The van der Waals surface area contributed by atoms with Gasteiger partial charge in [-0.1, -0.05) is 0 Å². The third-order valence-electron chi connectivity index (χ3n) is 2.92. The van der Waals surface area contributed by atoms with Crippen LogP contribution in [0.25, 0.3) is 0 Å². The predicted octanol–water partition coefficient (Wildman–Crippen LogP) is 0.617. The predicted molar refractivity (Wildman–Crippen MR) is 66.3 cm³/mol. The van der Waals surface area contributed by atoms with Gasteiger partial charge < -0.3 is 19.7 Å². The average Bonchev–Trinajstić information content (AvgIpc) is 2.85. The monoisotopic (exact) mass is 316 g/mol. The van der Waals surface area contributed by atoms with Gasteiger partial charge >= 0.3 is 5.97 Å². The van der Waals surface area contributed by atoms with Gasteiger partial charge in [0.15, 0.2) is 0 Å². The quantitative estimate of drug-likeness (QED) is 0.856. The molecule has 0 saturated carbocycles. The second-order valence-electron chi connectivity index (χ2n) is 4.22. The number of hydrogen-bond donors (Lipinski definition) is 2. The minimum absolute atomic E-state index is 0.136. The molecule has 0 aromatic carbocycles. The summed E-state index contributed by atoms with van der Waals surface area (Å²) in [6.45, 7) is 0.366. The molecule has 6 nitrogen and oxygen atoms in total. The first-order valence-electron chi connectivity index (χ1n) is 5.42. The SMILES string of the molecule is Cn1cc(Br)cc1C(=O)NC1COCC1C(=O)O. The molecule has 98 valence electrons. The van der Waals surface area contributed by atoms with Crippen LogP contribution in [0, 0.1) is 5.92 Å². The number of carboxylic acid groups (broad SMARTS) is 1. The number of halogens is 1. The highest BCUT2D eigenvalue weighted by molar-refractivity contribution is 9.10. The molecule has 1 saturated heterocycles. The number of amides is 1. The zero-order chi connectivity index (χ0) is 13.3. The summed E-state index contributed by atoms with van der Waals surface area (Å²) in [4.78, 5) is 23.0. The van der Waals surface area contributed by atoms with Gasteiger partial charge in [-0.05, 0) is 22.0 Å². The van der Waals surface area contributed by atoms with E-state index < -0.39 is 17.9 Å². The van der Waals surface area contributed by atoms with Crippen LogP contribution in [0.15, 0.2) is 16.7 Å². The lowest BCUT2D eigenvalue weighted by Crippen LogP contribution is -2.43. The van der Waals surface area contributed by atoms with Gasteiger partial charge in [0.1, 0.15) is 11.6 Å².